The van der Waals surface area contributed by atoms with Gasteiger partial charge in [0.05, 0.1) is 16.9 Å². The molecule has 4 bridgehead atoms. The Bertz CT molecular complexity index is 3040. The Labute approximate surface area is 483 Å². The van der Waals surface area contributed by atoms with Crippen molar-refractivity contribution < 1.29 is 53.5 Å². The van der Waals surface area contributed by atoms with E-state index in [9.17, 15) is 39.3 Å². The van der Waals surface area contributed by atoms with Crippen LogP contribution in [-0.4, -0.2) is 68.2 Å². The van der Waals surface area contributed by atoms with Gasteiger partial charge in [-0.15, -0.1) is 0 Å². The summed E-state index contributed by atoms with van der Waals surface area (Å²) in [6, 6.07) is 0. The molecule has 10 aliphatic rings. The predicted octanol–water partition coefficient (Wildman–Crippen LogP) is 14.5. The molecule has 0 amide bonds. The van der Waals surface area contributed by atoms with Crippen molar-refractivity contribution in [1.82, 2.24) is 0 Å². The van der Waals surface area contributed by atoms with Crippen molar-refractivity contribution >= 4 is 29.5 Å². The molecule has 81 heavy (non-hydrogen) atoms. The summed E-state index contributed by atoms with van der Waals surface area (Å²) in [6.07, 6.45) is 23.6. The maximum Gasteiger partial charge on any atom is 0.346 e. The van der Waals surface area contributed by atoms with Crippen molar-refractivity contribution in [3.63, 3.8) is 0 Å². The summed E-state index contributed by atoms with van der Waals surface area (Å²) >= 11 is 0. The van der Waals surface area contributed by atoms with Crippen LogP contribution in [-0.2, 0) is 38.2 Å². The highest BCUT2D eigenvalue weighted by Crippen LogP contribution is 2.65. The minimum absolute atomic E-state index is 0.0417. The van der Waals surface area contributed by atoms with Gasteiger partial charge in [0, 0.05) is 54.3 Å². The molecule has 2 saturated carbocycles. The van der Waals surface area contributed by atoms with E-state index in [0.717, 1.165) is 84.0 Å². The van der Waals surface area contributed by atoms with Gasteiger partial charge in [0.1, 0.15) is 28.8 Å². The molecule has 3 N–H and O–H groups in total. The zero-order chi connectivity index (χ0) is 59.6. The van der Waals surface area contributed by atoms with Crippen LogP contribution >= 0.6 is 0 Å². The molecule has 11 nitrogen and oxygen atoms in total. The highest BCUT2D eigenvalue weighted by Gasteiger charge is 2.68. The van der Waals surface area contributed by atoms with Crippen molar-refractivity contribution in [3.8, 4) is 0 Å². The van der Waals surface area contributed by atoms with Gasteiger partial charge in [-0.1, -0.05) is 135 Å². The second-order valence-corrected chi connectivity index (χ2v) is 28.3. The lowest BCUT2D eigenvalue weighted by molar-refractivity contribution is -0.162. The predicted molar refractivity (Wildman–Crippen MR) is 315 cm³/mol. The Morgan fingerprint density at radius 2 is 0.951 bits per heavy atom. The molecule has 0 aromatic heterocycles. The number of ketones is 2. The first-order chi connectivity index (χ1) is 37.7. The zero-order valence-corrected chi connectivity index (χ0v) is 51.7. The molecule has 0 aromatic carbocycles. The van der Waals surface area contributed by atoms with Crippen LogP contribution < -0.4 is 0 Å². The molecule has 2 saturated heterocycles. The van der Waals surface area contributed by atoms with E-state index in [1.54, 1.807) is 0 Å². The number of allylic oxidation sites excluding steroid dienone is 12. The third-order valence-electron chi connectivity index (χ3n) is 22.7. The fourth-order valence-electron chi connectivity index (χ4n) is 18.9. The lowest BCUT2D eigenvalue weighted by Gasteiger charge is -2.56. The van der Waals surface area contributed by atoms with Crippen LogP contribution in [0.2, 0.25) is 0 Å². The van der Waals surface area contributed by atoms with Crippen molar-refractivity contribution in [3.05, 3.63) is 116 Å². The van der Waals surface area contributed by atoms with Crippen LogP contribution in [0.4, 0.5) is 0 Å². The minimum atomic E-state index is -1.42. The second-order valence-electron chi connectivity index (χ2n) is 28.3. The summed E-state index contributed by atoms with van der Waals surface area (Å²) < 4.78 is 18.3. The van der Waals surface area contributed by atoms with Gasteiger partial charge in [0.15, 0.2) is 11.2 Å². The first-order valence-corrected chi connectivity index (χ1v) is 30.5. The Morgan fingerprint density at radius 1 is 0.556 bits per heavy atom. The smallest absolute Gasteiger partial charge is 0.346 e. The molecule has 10 rings (SSSR count). The molecule has 2 heterocycles. The Morgan fingerprint density at radius 3 is 1.37 bits per heavy atom. The summed E-state index contributed by atoms with van der Waals surface area (Å²) in [6.45, 7) is 34.6. The Balaban J connectivity index is 0.000000196. The summed E-state index contributed by atoms with van der Waals surface area (Å²) in [4.78, 5) is 69.3. The van der Waals surface area contributed by atoms with Gasteiger partial charge < -0.3 is 29.5 Å². The maximum absolute atomic E-state index is 14.8. The van der Waals surface area contributed by atoms with Gasteiger partial charge >= 0.3 is 17.9 Å². The van der Waals surface area contributed by atoms with Crippen molar-refractivity contribution in [1.29, 1.82) is 0 Å². The normalized spacial score (nSPS) is 47.8. The molecule has 2 aliphatic heterocycles. The Hall–Kier alpha value is -5.29. The van der Waals surface area contributed by atoms with E-state index < -0.39 is 62.5 Å². The summed E-state index contributed by atoms with van der Waals surface area (Å²) in [5, 5.41) is 36.0. The number of fused-ring (bicyclic) bond motifs is 8. The molecule has 8 aliphatic carbocycles. The van der Waals surface area contributed by atoms with Gasteiger partial charge in [-0.05, 0) is 156 Å². The average molecular weight is 1110 g/mol. The van der Waals surface area contributed by atoms with Crippen LogP contribution in [0.25, 0.3) is 0 Å². The van der Waals surface area contributed by atoms with Crippen LogP contribution in [0.5, 0.6) is 0 Å². The molecule has 0 radical (unpaired) electrons. The minimum Gasteiger partial charge on any atom is -0.511 e. The van der Waals surface area contributed by atoms with E-state index in [-0.39, 0.29) is 93.9 Å². The van der Waals surface area contributed by atoms with Crippen LogP contribution in [0.1, 0.15) is 182 Å². The van der Waals surface area contributed by atoms with Gasteiger partial charge in [0.25, 0.3) is 0 Å². The third kappa shape index (κ3) is 9.24. The molecule has 18 atom stereocenters. The van der Waals surface area contributed by atoms with Crippen molar-refractivity contribution in [2.24, 2.45) is 80.8 Å². The molecular formula is C70H94O11. The van der Waals surface area contributed by atoms with Crippen LogP contribution in [0, 0.1) is 80.8 Å². The quantitative estimate of drug-likeness (QED) is 0.0987. The van der Waals surface area contributed by atoms with Crippen LogP contribution in [0.15, 0.2) is 116 Å². The van der Waals surface area contributed by atoms with E-state index >= 15 is 0 Å². The molecule has 4 fully saturated rings. The van der Waals surface area contributed by atoms with Gasteiger partial charge in [-0.3, -0.25) is 14.4 Å². The van der Waals surface area contributed by atoms with Gasteiger partial charge in [-0.25, -0.2) is 9.59 Å². The lowest BCUT2D eigenvalue weighted by atomic mass is 9.49. The van der Waals surface area contributed by atoms with E-state index in [1.165, 1.54) is 12.5 Å². The van der Waals surface area contributed by atoms with Gasteiger partial charge in [0.2, 0.25) is 11.6 Å². The SMILES string of the molecule is CC(=O)OC1CCC(C)C2C1C=C(C)C1/C(C)=C/CC/C(C)=C/C3(C)C=C(C)C(C)CC34OC(=O)/C(=C(\O)C12C)C4=O.CC1=CC2(C)/C=C(\C)CC/C=C(\C)C3C(C)=CC4C(O)CCC(C)C4C3(C)/C(O)=C3/C(=O)OC2(CC1C)C3=O. The fraction of sp³-hybridized carbons (Fsp3) is 0.643. The number of esters is 3. The third-order valence-corrected chi connectivity index (χ3v) is 22.7. The number of aliphatic hydroxyl groups excluding tert-OH is 3. The van der Waals surface area contributed by atoms with E-state index in [1.807, 2.05) is 27.7 Å². The maximum atomic E-state index is 14.8. The standard InChI is InChI=1S/C36H48O6.C34H46O5/c1-19-11-10-12-20(2)29-22(4)15-26-27(41-25(7)37)14-13-21(3)30(26)35(29,9)31(38)28-32(39)36(42-33(28)40)18-24(6)23(5)17-34(36,8)16-19;1-18-10-9-11-19(2)27-21(4)14-24-25(35)13-12-20(3)28(24)33(27,8)29(36)26-30(37)34(39-31(26)38)17-23(6)22(5)16-32(34,7)15-18/h12,15-17,21,24,26-27,29-30,38H,10-11,13-14,18H2,1-9H3;11,14-16,20,23-25,27-28,35-36H,9-10,12-13,17H2,1-8H3/b19-16+,20-12+,31-28-;18-15+,19-11+,29-26-. The number of hydrogen-bond donors (Lipinski definition) is 3. The summed E-state index contributed by atoms with van der Waals surface area (Å²) in [5.41, 5.74) is 2.14. The first-order valence-electron chi connectivity index (χ1n) is 30.5. The van der Waals surface area contributed by atoms with E-state index in [0.29, 0.717) is 19.3 Å². The van der Waals surface area contributed by atoms with Gasteiger partial charge in [-0.2, -0.15) is 0 Å². The molecule has 18 unspecified atom stereocenters. The highest BCUT2D eigenvalue weighted by atomic mass is 16.6. The topological polar surface area (TPSA) is 174 Å². The number of carbonyl (C=O) groups excluding carboxylic acids is 5. The number of rotatable bonds is 1. The highest BCUT2D eigenvalue weighted by molar-refractivity contribution is 6.27. The largest absolute Gasteiger partial charge is 0.511 e. The van der Waals surface area contributed by atoms with Crippen LogP contribution in [0.3, 0.4) is 0 Å². The Kier molecular flexibility index (Phi) is 15.7. The lowest BCUT2D eigenvalue weighted by Crippen LogP contribution is -2.54. The number of aliphatic hydroxyl groups is 3. The molecular weight excluding hydrogens is 1020 g/mol. The van der Waals surface area contributed by atoms with Crippen molar-refractivity contribution in [2.75, 3.05) is 0 Å². The van der Waals surface area contributed by atoms with E-state index in [2.05, 4.69) is 132 Å². The second kappa shape index (κ2) is 21.1. The summed E-state index contributed by atoms with van der Waals surface area (Å²) in [7, 11) is 0. The molecule has 440 valence electrons. The summed E-state index contributed by atoms with van der Waals surface area (Å²) in [5.74, 6) is -3.52. The van der Waals surface area contributed by atoms with Crippen molar-refractivity contribution in [2.45, 2.75) is 205 Å². The molecule has 2 spiro atoms. The zero-order valence-electron chi connectivity index (χ0n) is 51.7. The number of ether oxygens (including phenoxy) is 3. The number of Topliss-reactive ketones (excluding diaryl/α,β-unsaturated/α-hetero) is 2. The first kappa shape index (κ1) is 60.3. The number of carbonyl (C=O) groups is 5. The molecule has 0 aromatic rings. The van der Waals surface area contributed by atoms with E-state index in [4.69, 9.17) is 14.2 Å². The number of hydrogen-bond acceptors (Lipinski definition) is 11. The monoisotopic (exact) mass is 1110 g/mol. The average Bonchev–Trinajstić information content (AvgIpc) is 1.98. The molecule has 11 heteroatoms. The fourth-order valence-corrected chi connectivity index (χ4v) is 18.9.